The summed E-state index contributed by atoms with van der Waals surface area (Å²) < 4.78 is 37.4. The smallest absolute Gasteiger partial charge is 0.348 e. The standard InChI is InChI=1S/C16H22F3N3O2.ClH/c1-3-15(4-2,10-20)22-13(23)9-21-14(24)11-5-7-12(8-6-11)16(17,18)19;/h5-8H,3-4,9-10,20H2,1-2H3,(H,21,24)(H,22,23);1H. The van der Waals surface area contributed by atoms with E-state index in [1.165, 1.54) is 0 Å². The zero-order chi connectivity index (χ0) is 18.4. The van der Waals surface area contributed by atoms with E-state index >= 15 is 0 Å². The lowest BCUT2D eigenvalue weighted by molar-refractivity contribution is -0.137. The maximum absolute atomic E-state index is 12.5. The minimum atomic E-state index is -4.46. The van der Waals surface area contributed by atoms with E-state index in [9.17, 15) is 22.8 Å². The van der Waals surface area contributed by atoms with Crippen LogP contribution < -0.4 is 16.4 Å². The van der Waals surface area contributed by atoms with Crippen LogP contribution in [0.4, 0.5) is 13.2 Å². The van der Waals surface area contributed by atoms with E-state index in [4.69, 9.17) is 5.73 Å². The minimum Gasteiger partial charge on any atom is -0.348 e. The van der Waals surface area contributed by atoms with Crippen LogP contribution in [0.1, 0.15) is 42.6 Å². The molecule has 1 aromatic rings. The first-order chi connectivity index (χ1) is 11.2. The van der Waals surface area contributed by atoms with Crippen LogP contribution in [0, 0.1) is 0 Å². The Morgan fingerprint density at radius 3 is 2.00 bits per heavy atom. The lowest BCUT2D eigenvalue weighted by Crippen LogP contribution is -2.55. The first kappa shape index (κ1) is 23.2. The number of amides is 2. The summed E-state index contributed by atoms with van der Waals surface area (Å²) in [6, 6.07) is 3.78. The summed E-state index contributed by atoms with van der Waals surface area (Å²) in [7, 11) is 0. The molecule has 0 fully saturated rings. The van der Waals surface area contributed by atoms with Crippen molar-refractivity contribution >= 4 is 24.2 Å². The van der Waals surface area contributed by atoms with Gasteiger partial charge < -0.3 is 16.4 Å². The Hall–Kier alpha value is -1.80. The number of nitrogens with two attached hydrogens (primary N) is 1. The van der Waals surface area contributed by atoms with E-state index in [1.807, 2.05) is 13.8 Å². The number of alkyl halides is 3. The number of halogens is 4. The molecule has 4 N–H and O–H groups in total. The van der Waals surface area contributed by atoms with Crippen LogP contribution in [0.5, 0.6) is 0 Å². The first-order valence-electron chi connectivity index (χ1n) is 7.64. The predicted molar refractivity (Wildman–Crippen MR) is 91.5 cm³/mol. The molecule has 0 unspecified atom stereocenters. The van der Waals surface area contributed by atoms with Gasteiger partial charge in [-0.3, -0.25) is 9.59 Å². The summed E-state index contributed by atoms with van der Waals surface area (Å²) in [5, 5.41) is 5.17. The van der Waals surface area contributed by atoms with Gasteiger partial charge in [-0.25, -0.2) is 0 Å². The van der Waals surface area contributed by atoms with Gasteiger partial charge in [-0.15, -0.1) is 12.4 Å². The molecule has 2 amide bonds. The molecule has 0 bridgehead atoms. The second kappa shape index (κ2) is 9.62. The highest BCUT2D eigenvalue weighted by Gasteiger charge is 2.30. The normalized spacial score (nSPS) is 11.4. The molecular formula is C16H23ClF3N3O2. The Labute approximate surface area is 150 Å². The van der Waals surface area contributed by atoms with E-state index < -0.39 is 29.1 Å². The van der Waals surface area contributed by atoms with Crippen molar-refractivity contribution in [3.63, 3.8) is 0 Å². The van der Waals surface area contributed by atoms with Gasteiger partial charge in [0.2, 0.25) is 5.91 Å². The highest BCUT2D eigenvalue weighted by molar-refractivity contribution is 5.96. The van der Waals surface area contributed by atoms with Crippen LogP contribution in [0.15, 0.2) is 24.3 Å². The molecule has 0 atom stereocenters. The molecule has 1 aromatic carbocycles. The Bertz CT molecular complexity index is 565. The van der Waals surface area contributed by atoms with Crippen LogP contribution in [-0.2, 0) is 11.0 Å². The van der Waals surface area contributed by atoms with E-state index in [0.717, 1.165) is 24.3 Å². The zero-order valence-corrected chi connectivity index (χ0v) is 14.9. The lowest BCUT2D eigenvalue weighted by atomic mass is 9.93. The van der Waals surface area contributed by atoms with Gasteiger partial charge in [-0.1, -0.05) is 13.8 Å². The SMILES string of the molecule is CCC(CC)(CN)NC(=O)CNC(=O)c1ccc(C(F)(F)F)cc1.Cl. The summed E-state index contributed by atoms with van der Waals surface area (Å²) in [5.41, 5.74) is 4.37. The molecule has 0 aliphatic heterocycles. The molecule has 0 spiro atoms. The summed E-state index contributed by atoms with van der Waals surface area (Å²) in [5.74, 6) is -1.02. The Morgan fingerprint density at radius 2 is 1.60 bits per heavy atom. The van der Waals surface area contributed by atoms with Gasteiger partial charge >= 0.3 is 6.18 Å². The summed E-state index contributed by atoms with van der Waals surface area (Å²) in [6.45, 7) is 3.80. The largest absolute Gasteiger partial charge is 0.416 e. The maximum Gasteiger partial charge on any atom is 0.416 e. The van der Waals surface area contributed by atoms with Crippen molar-refractivity contribution in [2.24, 2.45) is 5.73 Å². The van der Waals surface area contributed by atoms with E-state index in [1.54, 1.807) is 0 Å². The van der Waals surface area contributed by atoms with Crippen molar-refractivity contribution < 1.29 is 22.8 Å². The highest BCUT2D eigenvalue weighted by Crippen LogP contribution is 2.29. The van der Waals surface area contributed by atoms with Crippen molar-refractivity contribution in [3.05, 3.63) is 35.4 Å². The molecule has 9 heteroatoms. The zero-order valence-electron chi connectivity index (χ0n) is 14.1. The first-order valence-corrected chi connectivity index (χ1v) is 7.64. The molecule has 0 aliphatic rings. The van der Waals surface area contributed by atoms with E-state index in [-0.39, 0.29) is 31.1 Å². The van der Waals surface area contributed by atoms with Crippen LogP contribution >= 0.6 is 12.4 Å². The maximum atomic E-state index is 12.5. The molecule has 0 heterocycles. The van der Waals surface area contributed by atoms with Crippen LogP contribution in [0.25, 0.3) is 0 Å². The van der Waals surface area contributed by atoms with Crippen molar-refractivity contribution in [2.75, 3.05) is 13.1 Å². The number of hydrogen-bond donors (Lipinski definition) is 3. The molecule has 0 radical (unpaired) electrons. The molecule has 142 valence electrons. The molecule has 0 aliphatic carbocycles. The average Bonchev–Trinajstić information content (AvgIpc) is 2.57. The van der Waals surface area contributed by atoms with Gasteiger partial charge in [-0.05, 0) is 37.1 Å². The lowest BCUT2D eigenvalue weighted by Gasteiger charge is -2.31. The Morgan fingerprint density at radius 1 is 1.08 bits per heavy atom. The molecule has 0 saturated heterocycles. The van der Waals surface area contributed by atoms with Crippen molar-refractivity contribution in [1.82, 2.24) is 10.6 Å². The molecule has 0 saturated carbocycles. The van der Waals surface area contributed by atoms with Gasteiger partial charge in [0.15, 0.2) is 0 Å². The van der Waals surface area contributed by atoms with Gasteiger partial charge in [0.05, 0.1) is 17.6 Å². The van der Waals surface area contributed by atoms with E-state index in [2.05, 4.69) is 10.6 Å². The second-order valence-electron chi connectivity index (χ2n) is 5.50. The average molecular weight is 382 g/mol. The number of carbonyl (C=O) groups excluding carboxylic acids is 2. The second-order valence-corrected chi connectivity index (χ2v) is 5.50. The van der Waals surface area contributed by atoms with Gasteiger partial charge in [0, 0.05) is 12.1 Å². The fourth-order valence-corrected chi connectivity index (χ4v) is 2.18. The third kappa shape index (κ3) is 6.55. The van der Waals surface area contributed by atoms with Crippen LogP contribution in [0.3, 0.4) is 0 Å². The number of nitrogens with one attached hydrogen (secondary N) is 2. The summed E-state index contributed by atoms with van der Waals surface area (Å²) in [4.78, 5) is 23.8. The van der Waals surface area contributed by atoms with Gasteiger partial charge in [0.25, 0.3) is 5.91 Å². The third-order valence-electron chi connectivity index (χ3n) is 4.03. The topological polar surface area (TPSA) is 84.2 Å². The predicted octanol–water partition coefficient (Wildman–Crippen LogP) is 2.49. The van der Waals surface area contributed by atoms with Gasteiger partial charge in [-0.2, -0.15) is 13.2 Å². The molecule has 1 rings (SSSR count). The number of rotatable bonds is 7. The fourth-order valence-electron chi connectivity index (χ4n) is 2.18. The van der Waals surface area contributed by atoms with Gasteiger partial charge in [0.1, 0.15) is 0 Å². The molecule has 25 heavy (non-hydrogen) atoms. The highest BCUT2D eigenvalue weighted by atomic mass is 35.5. The molecule has 5 nitrogen and oxygen atoms in total. The van der Waals surface area contributed by atoms with Crippen molar-refractivity contribution in [1.29, 1.82) is 0 Å². The number of benzene rings is 1. The van der Waals surface area contributed by atoms with Crippen LogP contribution in [0.2, 0.25) is 0 Å². The fraction of sp³-hybridized carbons (Fsp3) is 0.500. The van der Waals surface area contributed by atoms with Crippen LogP contribution in [-0.4, -0.2) is 30.4 Å². The molecule has 0 aromatic heterocycles. The number of carbonyl (C=O) groups is 2. The molecular weight excluding hydrogens is 359 g/mol. The monoisotopic (exact) mass is 381 g/mol. The third-order valence-corrected chi connectivity index (χ3v) is 4.03. The van der Waals surface area contributed by atoms with E-state index in [0.29, 0.717) is 12.8 Å². The summed E-state index contributed by atoms with van der Waals surface area (Å²) in [6.07, 6.45) is -3.15. The van der Waals surface area contributed by atoms with Crippen molar-refractivity contribution in [3.8, 4) is 0 Å². The summed E-state index contributed by atoms with van der Waals surface area (Å²) >= 11 is 0. The number of hydrogen-bond acceptors (Lipinski definition) is 3. The Kier molecular flexibility index (Phi) is 8.93. The minimum absolute atomic E-state index is 0. The Balaban J connectivity index is 0.00000576. The quantitative estimate of drug-likeness (QED) is 0.678. The van der Waals surface area contributed by atoms with Crippen molar-refractivity contribution in [2.45, 2.75) is 38.4 Å².